The largest absolute Gasteiger partial charge is 0.496 e. The summed E-state index contributed by atoms with van der Waals surface area (Å²) >= 11 is 0. The van der Waals surface area contributed by atoms with Gasteiger partial charge in [0.2, 0.25) is 0 Å². The van der Waals surface area contributed by atoms with Gasteiger partial charge in [-0.2, -0.15) is 0 Å². The standard InChI is InChI=1S/C12H16O3/c1-4-15-8-11-7-10(9(2)13)5-6-12(11)14-3/h5-7H,4,8H2,1-3H3. The lowest BCUT2D eigenvalue weighted by atomic mass is 10.1. The number of benzene rings is 1. The minimum Gasteiger partial charge on any atom is -0.496 e. The monoisotopic (exact) mass is 208 g/mol. The molecule has 1 rings (SSSR count). The molecule has 0 saturated carbocycles. The third-order valence-corrected chi connectivity index (χ3v) is 2.15. The zero-order chi connectivity index (χ0) is 11.3. The summed E-state index contributed by atoms with van der Waals surface area (Å²) in [7, 11) is 1.61. The van der Waals surface area contributed by atoms with Crippen LogP contribution in [-0.4, -0.2) is 19.5 Å². The molecule has 0 aromatic heterocycles. The van der Waals surface area contributed by atoms with E-state index in [1.807, 2.05) is 13.0 Å². The fourth-order valence-corrected chi connectivity index (χ4v) is 1.32. The fraction of sp³-hybridized carbons (Fsp3) is 0.417. The molecule has 0 bridgehead atoms. The Balaban J connectivity index is 2.96. The summed E-state index contributed by atoms with van der Waals surface area (Å²) in [4.78, 5) is 11.2. The highest BCUT2D eigenvalue weighted by Gasteiger charge is 2.06. The number of carbonyl (C=O) groups is 1. The predicted octanol–water partition coefficient (Wildman–Crippen LogP) is 2.43. The van der Waals surface area contributed by atoms with Crippen LogP contribution in [0.25, 0.3) is 0 Å². The number of rotatable bonds is 5. The minimum absolute atomic E-state index is 0.0513. The molecule has 1 aromatic rings. The lowest BCUT2D eigenvalue weighted by molar-refractivity contribution is 0.101. The van der Waals surface area contributed by atoms with Gasteiger partial charge in [0.25, 0.3) is 0 Å². The van der Waals surface area contributed by atoms with E-state index in [-0.39, 0.29) is 5.78 Å². The van der Waals surface area contributed by atoms with E-state index in [0.29, 0.717) is 18.8 Å². The summed E-state index contributed by atoms with van der Waals surface area (Å²) < 4.78 is 10.5. The highest BCUT2D eigenvalue weighted by molar-refractivity contribution is 5.94. The second-order valence-electron chi connectivity index (χ2n) is 3.22. The predicted molar refractivity (Wildman–Crippen MR) is 58.3 cm³/mol. The van der Waals surface area contributed by atoms with Gasteiger partial charge in [-0.15, -0.1) is 0 Å². The third kappa shape index (κ3) is 3.06. The Hall–Kier alpha value is -1.35. The third-order valence-electron chi connectivity index (χ3n) is 2.15. The quantitative estimate of drug-likeness (QED) is 0.697. The first-order valence-electron chi connectivity index (χ1n) is 4.94. The van der Waals surface area contributed by atoms with Crippen molar-refractivity contribution < 1.29 is 14.3 Å². The Morgan fingerprint density at radius 2 is 2.13 bits per heavy atom. The summed E-state index contributed by atoms with van der Waals surface area (Å²) in [5.41, 5.74) is 1.59. The van der Waals surface area contributed by atoms with E-state index in [2.05, 4.69) is 0 Å². The van der Waals surface area contributed by atoms with Crippen LogP contribution in [-0.2, 0) is 11.3 Å². The lowest BCUT2D eigenvalue weighted by Crippen LogP contribution is -2.00. The van der Waals surface area contributed by atoms with Gasteiger partial charge >= 0.3 is 0 Å². The molecule has 0 unspecified atom stereocenters. The molecule has 0 aliphatic rings. The molecule has 3 heteroatoms. The molecule has 0 saturated heterocycles. The Kier molecular flexibility index (Phi) is 4.31. The first kappa shape index (κ1) is 11.7. The SMILES string of the molecule is CCOCc1cc(C(C)=O)ccc1OC. The molecule has 0 N–H and O–H groups in total. The van der Waals surface area contributed by atoms with E-state index < -0.39 is 0 Å². The van der Waals surface area contributed by atoms with Gasteiger partial charge in [0, 0.05) is 17.7 Å². The van der Waals surface area contributed by atoms with Gasteiger partial charge in [0.15, 0.2) is 5.78 Å². The van der Waals surface area contributed by atoms with Crippen molar-refractivity contribution in [1.82, 2.24) is 0 Å². The molecule has 0 aliphatic carbocycles. The number of Topliss-reactive ketones (excluding diaryl/α,β-unsaturated/α-hetero) is 1. The van der Waals surface area contributed by atoms with Gasteiger partial charge in [-0.1, -0.05) is 0 Å². The molecule has 82 valence electrons. The number of hydrogen-bond donors (Lipinski definition) is 0. The van der Waals surface area contributed by atoms with Crippen LogP contribution >= 0.6 is 0 Å². The number of hydrogen-bond acceptors (Lipinski definition) is 3. The van der Waals surface area contributed by atoms with Crippen molar-refractivity contribution in [3.05, 3.63) is 29.3 Å². The lowest BCUT2D eigenvalue weighted by Gasteiger charge is -2.09. The molecule has 3 nitrogen and oxygen atoms in total. The van der Waals surface area contributed by atoms with Gasteiger partial charge in [-0.3, -0.25) is 4.79 Å². The number of ketones is 1. The van der Waals surface area contributed by atoms with Crippen LogP contribution in [0, 0.1) is 0 Å². The summed E-state index contributed by atoms with van der Waals surface area (Å²) in [6, 6.07) is 5.37. The molecular weight excluding hydrogens is 192 g/mol. The summed E-state index contributed by atoms with van der Waals surface area (Å²) in [5.74, 6) is 0.809. The smallest absolute Gasteiger partial charge is 0.159 e. The topological polar surface area (TPSA) is 35.5 Å². The van der Waals surface area contributed by atoms with E-state index in [1.54, 1.807) is 26.2 Å². The Morgan fingerprint density at radius 1 is 1.40 bits per heavy atom. The van der Waals surface area contributed by atoms with E-state index in [0.717, 1.165) is 11.3 Å². The molecular formula is C12H16O3. The van der Waals surface area contributed by atoms with Crippen LogP contribution in [0.15, 0.2) is 18.2 Å². The van der Waals surface area contributed by atoms with Gasteiger partial charge < -0.3 is 9.47 Å². The molecule has 0 atom stereocenters. The average Bonchev–Trinajstić information content (AvgIpc) is 2.25. The van der Waals surface area contributed by atoms with Crippen LogP contribution in [0.3, 0.4) is 0 Å². The normalized spacial score (nSPS) is 10.1. The molecule has 0 amide bonds. The molecule has 0 fully saturated rings. The van der Waals surface area contributed by atoms with Crippen molar-refractivity contribution in [2.45, 2.75) is 20.5 Å². The van der Waals surface area contributed by atoms with E-state index in [1.165, 1.54) is 0 Å². The highest BCUT2D eigenvalue weighted by Crippen LogP contribution is 2.21. The summed E-state index contributed by atoms with van der Waals surface area (Å²) in [5, 5.41) is 0. The minimum atomic E-state index is 0.0513. The first-order chi connectivity index (χ1) is 7.19. The van der Waals surface area contributed by atoms with Gasteiger partial charge in [0.1, 0.15) is 5.75 Å². The van der Waals surface area contributed by atoms with Gasteiger partial charge in [-0.05, 0) is 32.0 Å². The number of methoxy groups -OCH3 is 1. The maximum atomic E-state index is 11.2. The molecule has 1 aromatic carbocycles. The van der Waals surface area contributed by atoms with Crippen molar-refractivity contribution in [3.8, 4) is 5.75 Å². The zero-order valence-corrected chi connectivity index (χ0v) is 9.37. The Morgan fingerprint density at radius 3 is 2.67 bits per heavy atom. The van der Waals surface area contributed by atoms with E-state index in [4.69, 9.17) is 9.47 Å². The molecule has 0 heterocycles. The first-order valence-corrected chi connectivity index (χ1v) is 4.94. The summed E-state index contributed by atoms with van der Waals surface area (Å²) in [6.45, 7) is 4.60. The Bertz CT molecular complexity index is 345. The van der Waals surface area contributed by atoms with Crippen molar-refractivity contribution in [3.63, 3.8) is 0 Å². The van der Waals surface area contributed by atoms with Crippen molar-refractivity contribution in [2.24, 2.45) is 0 Å². The Labute approximate surface area is 90.0 Å². The second-order valence-corrected chi connectivity index (χ2v) is 3.22. The van der Waals surface area contributed by atoms with Crippen molar-refractivity contribution >= 4 is 5.78 Å². The van der Waals surface area contributed by atoms with E-state index >= 15 is 0 Å². The number of carbonyl (C=O) groups excluding carboxylic acids is 1. The maximum absolute atomic E-state index is 11.2. The van der Waals surface area contributed by atoms with Crippen molar-refractivity contribution in [2.75, 3.05) is 13.7 Å². The van der Waals surface area contributed by atoms with Crippen molar-refractivity contribution in [1.29, 1.82) is 0 Å². The number of ether oxygens (including phenoxy) is 2. The van der Waals surface area contributed by atoms with Gasteiger partial charge in [-0.25, -0.2) is 0 Å². The molecule has 0 spiro atoms. The second kappa shape index (κ2) is 5.51. The molecule has 0 aliphatic heterocycles. The highest BCUT2D eigenvalue weighted by atomic mass is 16.5. The molecule has 0 radical (unpaired) electrons. The average molecular weight is 208 g/mol. The van der Waals surface area contributed by atoms with Crippen LogP contribution in [0.1, 0.15) is 29.8 Å². The zero-order valence-electron chi connectivity index (χ0n) is 9.37. The van der Waals surface area contributed by atoms with Crippen LogP contribution in [0.5, 0.6) is 5.75 Å². The van der Waals surface area contributed by atoms with Crippen LogP contribution < -0.4 is 4.74 Å². The van der Waals surface area contributed by atoms with Gasteiger partial charge in [0.05, 0.1) is 13.7 Å². The maximum Gasteiger partial charge on any atom is 0.159 e. The summed E-state index contributed by atoms with van der Waals surface area (Å²) in [6.07, 6.45) is 0. The molecule has 15 heavy (non-hydrogen) atoms. The van der Waals surface area contributed by atoms with E-state index in [9.17, 15) is 4.79 Å². The van der Waals surface area contributed by atoms with Crippen LogP contribution in [0.4, 0.5) is 0 Å². The van der Waals surface area contributed by atoms with Crippen LogP contribution in [0.2, 0.25) is 0 Å². The fourth-order valence-electron chi connectivity index (χ4n) is 1.32.